The largest absolute Gasteiger partial charge is 0.354 e. The van der Waals surface area contributed by atoms with E-state index in [1.54, 1.807) is 0 Å². The average molecular weight is 478 g/mol. The van der Waals surface area contributed by atoms with Crippen LogP contribution in [0.4, 0.5) is 11.4 Å². The van der Waals surface area contributed by atoms with E-state index in [0.29, 0.717) is 0 Å². The van der Waals surface area contributed by atoms with E-state index in [9.17, 15) is 0 Å². The molecule has 0 aliphatic heterocycles. The molecule has 6 aromatic carbocycles. The summed E-state index contributed by atoms with van der Waals surface area (Å²) in [4.78, 5) is 0. The first-order chi connectivity index (χ1) is 17.8. The summed E-state index contributed by atoms with van der Waals surface area (Å²) < 4.78 is 2.62. The summed E-state index contributed by atoms with van der Waals surface area (Å²) in [7, 11) is 0. The van der Waals surface area contributed by atoms with Gasteiger partial charge in [-0.05, 0) is 57.3 Å². The number of anilines is 2. The molecule has 170 valence electrons. The number of fused-ring (bicyclic) bond motifs is 4. The van der Waals surface area contributed by atoms with Gasteiger partial charge >= 0.3 is 0 Å². The van der Waals surface area contributed by atoms with Crippen LogP contribution in [0.2, 0.25) is 0 Å². The Balaban J connectivity index is 1.30. The molecular formula is C34H23NS. The molecule has 1 aromatic heterocycles. The summed E-state index contributed by atoms with van der Waals surface area (Å²) >= 11 is 1.87. The maximum atomic E-state index is 3.72. The Labute approximate surface area is 214 Å². The van der Waals surface area contributed by atoms with E-state index in [1.807, 2.05) is 11.3 Å². The molecule has 0 unspecified atom stereocenters. The van der Waals surface area contributed by atoms with Crippen LogP contribution in [-0.4, -0.2) is 0 Å². The summed E-state index contributed by atoms with van der Waals surface area (Å²) in [5.41, 5.74) is 7.22. The van der Waals surface area contributed by atoms with Crippen molar-refractivity contribution in [3.8, 4) is 22.3 Å². The molecule has 1 heterocycles. The number of nitrogens with one attached hydrogen (secondary N) is 1. The third-order valence-corrected chi connectivity index (χ3v) is 8.12. The molecule has 7 rings (SSSR count). The molecule has 7 aromatic rings. The lowest BCUT2D eigenvalue weighted by Gasteiger charge is -2.10. The van der Waals surface area contributed by atoms with Crippen LogP contribution in [-0.2, 0) is 0 Å². The standard InChI is InChI=1S/C34H23NS/c1-2-10-24(11-3-1)29-15-7-16-30-31-17-8-18-32(34(31)36-33(29)30)35-28-14-6-13-26(22-28)27-20-19-23-9-4-5-12-25(23)21-27/h1-22,35H. The SMILES string of the molecule is c1ccc(-c2cccc3c2sc2c(Nc4cccc(-c5ccc6ccccc6c5)c4)cccc23)cc1. The van der Waals surface area contributed by atoms with Crippen molar-refractivity contribution in [2.45, 2.75) is 0 Å². The van der Waals surface area contributed by atoms with Gasteiger partial charge in [0.05, 0.1) is 10.4 Å². The Morgan fingerprint density at radius 2 is 1.14 bits per heavy atom. The third-order valence-electron chi connectivity index (χ3n) is 6.83. The molecular weight excluding hydrogens is 454 g/mol. The van der Waals surface area contributed by atoms with Crippen molar-refractivity contribution in [1.82, 2.24) is 0 Å². The first-order valence-electron chi connectivity index (χ1n) is 12.2. The number of hydrogen-bond acceptors (Lipinski definition) is 2. The summed E-state index contributed by atoms with van der Waals surface area (Å²) in [5, 5.41) is 8.86. The van der Waals surface area contributed by atoms with E-state index >= 15 is 0 Å². The monoisotopic (exact) mass is 477 g/mol. The normalized spacial score (nSPS) is 11.3. The molecule has 2 heteroatoms. The zero-order chi connectivity index (χ0) is 23.9. The zero-order valence-electron chi connectivity index (χ0n) is 19.6. The van der Waals surface area contributed by atoms with Crippen molar-refractivity contribution in [2.75, 3.05) is 5.32 Å². The molecule has 0 aliphatic carbocycles. The lowest BCUT2D eigenvalue weighted by atomic mass is 10.0. The van der Waals surface area contributed by atoms with E-state index < -0.39 is 0 Å². The molecule has 0 atom stereocenters. The topological polar surface area (TPSA) is 12.0 Å². The Bertz CT molecular complexity index is 1860. The highest BCUT2D eigenvalue weighted by Crippen LogP contribution is 2.43. The Hall–Kier alpha value is -4.40. The lowest BCUT2D eigenvalue weighted by molar-refractivity contribution is 1.57. The number of rotatable bonds is 4. The molecule has 1 N–H and O–H groups in total. The Morgan fingerprint density at radius 1 is 0.444 bits per heavy atom. The fourth-order valence-electron chi connectivity index (χ4n) is 5.06. The molecule has 0 aliphatic rings. The highest BCUT2D eigenvalue weighted by atomic mass is 32.1. The molecule has 0 saturated heterocycles. The van der Waals surface area contributed by atoms with Gasteiger partial charge in [-0.25, -0.2) is 0 Å². The van der Waals surface area contributed by atoms with Crippen molar-refractivity contribution in [3.05, 3.63) is 133 Å². The minimum absolute atomic E-state index is 1.09. The minimum Gasteiger partial charge on any atom is -0.354 e. The molecule has 0 radical (unpaired) electrons. The molecule has 0 fully saturated rings. The van der Waals surface area contributed by atoms with Crippen molar-refractivity contribution in [2.24, 2.45) is 0 Å². The van der Waals surface area contributed by atoms with Crippen LogP contribution in [0.15, 0.2) is 133 Å². The highest BCUT2D eigenvalue weighted by Gasteiger charge is 2.13. The summed E-state index contributed by atoms with van der Waals surface area (Å²) in [6.07, 6.45) is 0. The van der Waals surface area contributed by atoms with Crippen molar-refractivity contribution in [1.29, 1.82) is 0 Å². The van der Waals surface area contributed by atoms with E-state index in [1.165, 1.54) is 53.2 Å². The summed E-state index contributed by atoms with van der Waals surface area (Å²) in [6, 6.07) is 47.8. The van der Waals surface area contributed by atoms with Crippen molar-refractivity contribution in [3.63, 3.8) is 0 Å². The molecule has 1 nitrogen and oxygen atoms in total. The first kappa shape index (κ1) is 20.9. The minimum atomic E-state index is 1.09. The van der Waals surface area contributed by atoms with Gasteiger partial charge in [0, 0.05) is 21.2 Å². The van der Waals surface area contributed by atoms with Gasteiger partial charge in [0.2, 0.25) is 0 Å². The van der Waals surface area contributed by atoms with Gasteiger partial charge in [-0.15, -0.1) is 11.3 Å². The maximum Gasteiger partial charge on any atom is 0.0590 e. The molecule has 0 saturated carbocycles. The van der Waals surface area contributed by atoms with E-state index in [0.717, 1.165) is 11.4 Å². The van der Waals surface area contributed by atoms with Gasteiger partial charge in [0.25, 0.3) is 0 Å². The van der Waals surface area contributed by atoms with Crippen LogP contribution in [0.1, 0.15) is 0 Å². The first-order valence-corrected chi connectivity index (χ1v) is 13.0. The van der Waals surface area contributed by atoms with Crippen LogP contribution < -0.4 is 5.32 Å². The van der Waals surface area contributed by atoms with Gasteiger partial charge in [0.15, 0.2) is 0 Å². The van der Waals surface area contributed by atoms with Gasteiger partial charge in [0.1, 0.15) is 0 Å². The van der Waals surface area contributed by atoms with Crippen molar-refractivity contribution < 1.29 is 0 Å². The van der Waals surface area contributed by atoms with E-state index in [4.69, 9.17) is 0 Å². The van der Waals surface area contributed by atoms with Gasteiger partial charge in [-0.2, -0.15) is 0 Å². The second-order valence-electron chi connectivity index (χ2n) is 9.10. The Kier molecular flexibility index (Phi) is 5.04. The number of hydrogen-bond donors (Lipinski definition) is 1. The van der Waals surface area contributed by atoms with Gasteiger partial charge in [-0.3, -0.25) is 0 Å². The van der Waals surface area contributed by atoms with Gasteiger partial charge < -0.3 is 5.32 Å². The number of thiophene rings is 1. The van der Waals surface area contributed by atoms with Crippen LogP contribution in [0.5, 0.6) is 0 Å². The summed E-state index contributed by atoms with van der Waals surface area (Å²) in [6.45, 7) is 0. The fraction of sp³-hybridized carbons (Fsp3) is 0. The van der Waals surface area contributed by atoms with E-state index in [2.05, 4.69) is 139 Å². The molecule has 0 amide bonds. The van der Waals surface area contributed by atoms with Crippen LogP contribution in [0.25, 0.3) is 53.2 Å². The lowest BCUT2D eigenvalue weighted by Crippen LogP contribution is -1.90. The quantitative estimate of drug-likeness (QED) is 0.266. The Morgan fingerprint density at radius 3 is 2.03 bits per heavy atom. The zero-order valence-corrected chi connectivity index (χ0v) is 20.4. The number of benzene rings is 6. The third kappa shape index (κ3) is 3.64. The molecule has 0 spiro atoms. The molecule has 0 bridgehead atoms. The predicted molar refractivity (Wildman–Crippen MR) is 157 cm³/mol. The maximum absolute atomic E-state index is 3.72. The van der Waals surface area contributed by atoms with Gasteiger partial charge in [-0.1, -0.05) is 109 Å². The predicted octanol–water partition coefficient (Wildman–Crippen LogP) is 10.3. The van der Waals surface area contributed by atoms with Crippen LogP contribution >= 0.6 is 11.3 Å². The fourth-order valence-corrected chi connectivity index (χ4v) is 6.37. The second kappa shape index (κ2) is 8.67. The smallest absolute Gasteiger partial charge is 0.0590 e. The highest BCUT2D eigenvalue weighted by molar-refractivity contribution is 7.27. The summed E-state index contributed by atoms with van der Waals surface area (Å²) in [5.74, 6) is 0. The second-order valence-corrected chi connectivity index (χ2v) is 10.1. The van der Waals surface area contributed by atoms with Crippen LogP contribution in [0.3, 0.4) is 0 Å². The van der Waals surface area contributed by atoms with Crippen molar-refractivity contribution >= 4 is 53.7 Å². The molecule has 36 heavy (non-hydrogen) atoms. The average Bonchev–Trinajstić information content (AvgIpc) is 3.33. The van der Waals surface area contributed by atoms with E-state index in [-0.39, 0.29) is 0 Å². The van der Waals surface area contributed by atoms with Crippen LogP contribution in [0, 0.1) is 0 Å².